The molecule has 0 aromatic rings. The Balaban J connectivity index is 4.70. The van der Waals surface area contributed by atoms with Crippen molar-refractivity contribution in [3.8, 4) is 0 Å². The number of rotatable bonds is 7. The molecule has 0 heterocycles. The molecule has 1 N–H and O–H groups in total. The topological polar surface area (TPSA) is 40.5 Å². The van der Waals surface area contributed by atoms with Crippen LogP contribution in [0.1, 0.15) is 13.3 Å². The molecule has 0 aromatic heterocycles. The quantitative estimate of drug-likeness (QED) is 0.499. The van der Waals surface area contributed by atoms with E-state index in [-0.39, 0.29) is 0 Å². The molecule has 3 heteroatoms. The number of carbonyl (C=O) groups is 1. The largest absolute Gasteiger partial charge is 0.477 e. The third-order valence-corrected chi connectivity index (χ3v) is 1.66. The van der Waals surface area contributed by atoms with Crippen LogP contribution in [-0.2, 0) is 4.79 Å². The molecule has 0 aliphatic heterocycles. The van der Waals surface area contributed by atoms with Gasteiger partial charge in [-0.15, -0.1) is 13.2 Å². The molecule has 0 aromatic carbocycles. The van der Waals surface area contributed by atoms with Gasteiger partial charge in [0.15, 0.2) is 0 Å². The number of nitrogens with zero attached hydrogens (tertiary/aromatic N) is 1. The molecule has 14 heavy (non-hydrogen) atoms. The van der Waals surface area contributed by atoms with Crippen molar-refractivity contribution in [1.82, 2.24) is 4.90 Å². The molecule has 0 bridgehead atoms. The molecule has 0 saturated heterocycles. The Kier molecular flexibility index (Phi) is 6.20. The number of hydrogen-bond acceptors (Lipinski definition) is 2. The van der Waals surface area contributed by atoms with Gasteiger partial charge in [0.25, 0.3) is 0 Å². The van der Waals surface area contributed by atoms with Gasteiger partial charge in [0.1, 0.15) is 5.70 Å². The van der Waals surface area contributed by atoms with Crippen molar-refractivity contribution in [2.75, 3.05) is 13.1 Å². The lowest BCUT2D eigenvalue weighted by Gasteiger charge is -2.21. The zero-order chi connectivity index (χ0) is 11.0. The monoisotopic (exact) mass is 195 g/mol. The summed E-state index contributed by atoms with van der Waals surface area (Å²) in [6.07, 6.45) is 5.74. The highest BCUT2D eigenvalue weighted by Crippen LogP contribution is 2.06. The Bertz CT molecular complexity index is 234. The first kappa shape index (κ1) is 12.5. The molecule has 78 valence electrons. The Hall–Kier alpha value is -1.51. The average molecular weight is 195 g/mol. The highest BCUT2D eigenvalue weighted by molar-refractivity contribution is 5.85. The van der Waals surface area contributed by atoms with Gasteiger partial charge in [-0.2, -0.15) is 0 Å². The van der Waals surface area contributed by atoms with Crippen LogP contribution in [0.25, 0.3) is 0 Å². The molecule has 0 unspecified atom stereocenters. The van der Waals surface area contributed by atoms with E-state index in [0.717, 1.165) is 0 Å². The highest BCUT2D eigenvalue weighted by Gasteiger charge is 2.13. The fourth-order valence-corrected chi connectivity index (χ4v) is 1.13. The van der Waals surface area contributed by atoms with Gasteiger partial charge in [-0.3, -0.25) is 0 Å². The molecule has 0 rings (SSSR count). The first-order valence-electron chi connectivity index (χ1n) is 4.57. The summed E-state index contributed by atoms with van der Waals surface area (Å²) in [7, 11) is 0. The summed E-state index contributed by atoms with van der Waals surface area (Å²) in [5, 5.41) is 8.95. The molecule has 0 aliphatic rings. The van der Waals surface area contributed by atoms with Crippen LogP contribution in [0.2, 0.25) is 0 Å². The Labute approximate surface area is 85.0 Å². The van der Waals surface area contributed by atoms with Crippen LogP contribution in [0.4, 0.5) is 0 Å². The van der Waals surface area contributed by atoms with Gasteiger partial charge in [-0.05, 0) is 6.42 Å². The van der Waals surface area contributed by atoms with Crippen LogP contribution < -0.4 is 0 Å². The van der Waals surface area contributed by atoms with E-state index >= 15 is 0 Å². The van der Waals surface area contributed by atoms with E-state index in [9.17, 15) is 4.79 Å². The van der Waals surface area contributed by atoms with Gasteiger partial charge >= 0.3 is 5.97 Å². The van der Waals surface area contributed by atoms with Crippen LogP contribution in [0.15, 0.2) is 37.1 Å². The Morgan fingerprint density at radius 1 is 1.36 bits per heavy atom. The van der Waals surface area contributed by atoms with E-state index in [0.29, 0.717) is 25.2 Å². The van der Waals surface area contributed by atoms with E-state index < -0.39 is 5.97 Å². The molecule has 0 saturated carbocycles. The van der Waals surface area contributed by atoms with Crippen LogP contribution in [0.3, 0.4) is 0 Å². The summed E-state index contributed by atoms with van der Waals surface area (Å²) < 4.78 is 0. The van der Waals surface area contributed by atoms with Gasteiger partial charge in [0, 0.05) is 13.1 Å². The lowest BCUT2D eigenvalue weighted by molar-refractivity contribution is -0.134. The summed E-state index contributed by atoms with van der Waals surface area (Å²) in [5.41, 5.74) is 0.312. The lowest BCUT2D eigenvalue weighted by atomic mass is 10.3. The smallest absolute Gasteiger partial charge is 0.351 e. The minimum atomic E-state index is -0.907. The maximum Gasteiger partial charge on any atom is 0.351 e. The second-order valence-corrected chi connectivity index (χ2v) is 2.79. The average Bonchev–Trinajstić information content (AvgIpc) is 2.13. The van der Waals surface area contributed by atoms with Gasteiger partial charge in [0.05, 0.1) is 0 Å². The molecular weight excluding hydrogens is 178 g/mol. The van der Waals surface area contributed by atoms with Crippen molar-refractivity contribution >= 4 is 5.97 Å². The summed E-state index contributed by atoms with van der Waals surface area (Å²) in [5.74, 6) is -0.907. The van der Waals surface area contributed by atoms with Crippen LogP contribution in [0, 0.1) is 0 Å². The SMILES string of the molecule is C=CCN(CC=C)/C(=C/CC)C(=O)O. The van der Waals surface area contributed by atoms with Gasteiger partial charge < -0.3 is 10.0 Å². The van der Waals surface area contributed by atoms with Crippen LogP contribution in [-0.4, -0.2) is 29.1 Å². The number of aliphatic carboxylic acids is 1. The van der Waals surface area contributed by atoms with Crippen LogP contribution >= 0.6 is 0 Å². The van der Waals surface area contributed by atoms with Gasteiger partial charge in [0.2, 0.25) is 0 Å². The van der Waals surface area contributed by atoms with E-state index in [2.05, 4.69) is 13.2 Å². The fourth-order valence-electron chi connectivity index (χ4n) is 1.13. The zero-order valence-corrected chi connectivity index (χ0v) is 8.57. The summed E-state index contributed by atoms with van der Waals surface area (Å²) in [6, 6.07) is 0. The molecule has 0 atom stereocenters. The summed E-state index contributed by atoms with van der Waals surface area (Å²) in [4.78, 5) is 12.6. The molecule has 0 aliphatic carbocycles. The minimum absolute atomic E-state index is 0.312. The number of carboxylic acids is 1. The van der Waals surface area contributed by atoms with E-state index in [1.54, 1.807) is 23.1 Å². The van der Waals surface area contributed by atoms with Crippen LogP contribution in [0.5, 0.6) is 0 Å². The summed E-state index contributed by atoms with van der Waals surface area (Å²) in [6.45, 7) is 10.1. The Morgan fingerprint density at radius 3 is 2.14 bits per heavy atom. The van der Waals surface area contributed by atoms with Crippen molar-refractivity contribution in [2.24, 2.45) is 0 Å². The third kappa shape index (κ3) is 3.94. The molecule has 0 amide bonds. The van der Waals surface area contributed by atoms with Crippen molar-refractivity contribution < 1.29 is 9.90 Å². The second-order valence-electron chi connectivity index (χ2n) is 2.79. The standard InChI is InChI=1S/C11H17NO2/c1-4-7-10(11(13)14)12(8-5-2)9-6-3/h5-7H,2-4,8-9H2,1H3,(H,13,14)/b10-7+. The lowest BCUT2D eigenvalue weighted by Crippen LogP contribution is -2.27. The van der Waals surface area contributed by atoms with E-state index in [1.165, 1.54) is 0 Å². The molecule has 3 nitrogen and oxygen atoms in total. The normalized spacial score (nSPS) is 10.8. The third-order valence-electron chi connectivity index (χ3n) is 1.66. The fraction of sp³-hybridized carbons (Fsp3) is 0.364. The van der Waals surface area contributed by atoms with Gasteiger partial charge in [-0.1, -0.05) is 25.2 Å². The maximum atomic E-state index is 10.9. The van der Waals surface area contributed by atoms with Crippen molar-refractivity contribution in [3.05, 3.63) is 37.1 Å². The first-order valence-corrected chi connectivity index (χ1v) is 4.57. The maximum absolute atomic E-state index is 10.9. The molecule has 0 fully saturated rings. The minimum Gasteiger partial charge on any atom is -0.477 e. The zero-order valence-electron chi connectivity index (χ0n) is 8.57. The molecule has 0 spiro atoms. The van der Waals surface area contributed by atoms with E-state index in [4.69, 9.17) is 5.11 Å². The predicted octanol–water partition coefficient (Wildman–Crippen LogP) is 2.04. The van der Waals surface area contributed by atoms with Crippen molar-refractivity contribution in [2.45, 2.75) is 13.3 Å². The van der Waals surface area contributed by atoms with E-state index in [1.807, 2.05) is 6.92 Å². The van der Waals surface area contributed by atoms with Gasteiger partial charge in [-0.25, -0.2) is 4.79 Å². The molecular formula is C11H17NO2. The second kappa shape index (κ2) is 6.95. The van der Waals surface area contributed by atoms with Crippen molar-refractivity contribution in [1.29, 1.82) is 0 Å². The van der Waals surface area contributed by atoms with Crippen molar-refractivity contribution in [3.63, 3.8) is 0 Å². The number of hydrogen-bond donors (Lipinski definition) is 1. The first-order chi connectivity index (χ1) is 6.67. The number of carboxylic acid groups (broad SMARTS) is 1. The Morgan fingerprint density at radius 2 is 1.86 bits per heavy atom. The predicted molar refractivity (Wildman–Crippen MR) is 58.0 cm³/mol. The number of allylic oxidation sites excluding steroid dienone is 1. The molecule has 0 radical (unpaired) electrons. The highest BCUT2D eigenvalue weighted by atomic mass is 16.4. The summed E-state index contributed by atoms with van der Waals surface area (Å²) >= 11 is 0.